The molecule has 1 heterocycles. The molecule has 1 aromatic rings. The van der Waals surface area contributed by atoms with E-state index < -0.39 is 0 Å². The maximum absolute atomic E-state index is 5.27. The second-order valence-electron chi connectivity index (χ2n) is 3.91. The summed E-state index contributed by atoms with van der Waals surface area (Å²) >= 11 is 4.64. The normalized spacial score (nSPS) is 15.8. The van der Waals surface area contributed by atoms with Crippen molar-refractivity contribution in [3.63, 3.8) is 0 Å². The van der Waals surface area contributed by atoms with Crippen LogP contribution in [0.5, 0.6) is 0 Å². The lowest BCUT2D eigenvalue weighted by atomic mass is 10.0. The third kappa shape index (κ3) is 3.14. The van der Waals surface area contributed by atoms with Crippen LogP contribution in [0.1, 0.15) is 5.56 Å². The fourth-order valence-corrected chi connectivity index (χ4v) is 1.91. The molecule has 0 atom stereocenters. The van der Waals surface area contributed by atoms with E-state index in [1.54, 1.807) is 6.20 Å². The van der Waals surface area contributed by atoms with E-state index in [-0.39, 0.29) is 5.11 Å². The zero-order chi connectivity index (χ0) is 13.7. The first-order valence-corrected chi connectivity index (χ1v) is 6.19. The minimum Gasteiger partial charge on any atom is -0.373 e. The second-order valence-corrected chi connectivity index (χ2v) is 4.33. The van der Waals surface area contributed by atoms with Gasteiger partial charge in [0.05, 0.1) is 6.20 Å². The molecular formula is C14H14N4S. The van der Waals surface area contributed by atoms with Crippen LogP contribution in [0.3, 0.4) is 0 Å². The lowest BCUT2D eigenvalue weighted by Gasteiger charge is -2.26. The van der Waals surface area contributed by atoms with Gasteiger partial charge in [0.1, 0.15) is 0 Å². The predicted molar refractivity (Wildman–Crippen MR) is 82.7 cm³/mol. The molecule has 0 spiro atoms. The van der Waals surface area contributed by atoms with Gasteiger partial charge in [-0.2, -0.15) is 5.11 Å². The quantitative estimate of drug-likeness (QED) is 0.521. The summed E-state index contributed by atoms with van der Waals surface area (Å²) in [6.45, 7) is 4.52. The Bertz CT molecular complexity index is 587. The first-order valence-electron chi connectivity index (χ1n) is 5.78. The van der Waals surface area contributed by atoms with Gasteiger partial charge in [-0.05, 0) is 24.4 Å². The monoisotopic (exact) mass is 270 g/mol. The Morgan fingerprint density at radius 3 is 2.95 bits per heavy atom. The largest absolute Gasteiger partial charge is 0.373 e. The molecular weight excluding hydrogens is 256 g/mol. The minimum atomic E-state index is 0.0261. The van der Waals surface area contributed by atoms with Crippen LogP contribution in [-0.4, -0.2) is 11.7 Å². The molecule has 0 radical (unpaired) electrons. The molecule has 0 unspecified atom stereocenters. The topological polar surface area (TPSA) is 54.0 Å². The summed E-state index contributed by atoms with van der Waals surface area (Å²) in [5, 5.41) is 7.54. The number of nitrogens with zero attached hydrogens (tertiary/aromatic N) is 3. The van der Waals surface area contributed by atoms with Crippen LogP contribution in [0.15, 0.2) is 65.6 Å². The Labute approximate surface area is 117 Å². The highest BCUT2D eigenvalue weighted by Crippen LogP contribution is 2.32. The van der Waals surface area contributed by atoms with Gasteiger partial charge >= 0.3 is 0 Å². The number of azo groups is 1. The third-order valence-electron chi connectivity index (χ3n) is 2.64. The number of thiocarbonyl (C=S) groups is 1. The molecule has 2 rings (SSSR count). The summed E-state index contributed by atoms with van der Waals surface area (Å²) in [6, 6.07) is 8.09. The van der Waals surface area contributed by atoms with Gasteiger partial charge in [0, 0.05) is 29.6 Å². The SMILES string of the molecule is C=CCN1C=C/C(=C\N=NC(N)=S)c2ccccc21. The van der Waals surface area contributed by atoms with Gasteiger partial charge in [-0.1, -0.05) is 24.3 Å². The first-order chi connectivity index (χ1) is 9.22. The molecule has 0 aliphatic carbocycles. The molecule has 0 saturated carbocycles. The fourth-order valence-electron chi connectivity index (χ4n) is 1.87. The summed E-state index contributed by atoms with van der Waals surface area (Å²) in [6.07, 6.45) is 7.48. The molecule has 0 amide bonds. The molecule has 0 aromatic heterocycles. The van der Waals surface area contributed by atoms with Crippen molar-refractivity contribution in [2.75, 3.05) is 11.4 Å². The number of hydrogen-bond acceptors (Lipinski definition) is 3. The molecule has 1 aromatic carbocycles. The van der Waals surface area contributed by atoms with Crippen molar-refractivity contribution < 1.29 is 0 Å². The van der Waals surface area contributed by atoms with Gasteiger partial charge in [0.2, 0.25) is 5.11 Å². The Morgan fingerprint density at radius 1 is 1.42 bits per heavy atom. The van der Waals surface area contributed by atoms with Crippen LogP contribution < -0.4 is 10.6 Å². The Hall–Kier alpha value is -2.27. The molecule has 4 nitrogen and oxygen atoms in total. The maximum atomic E-state index is 5.27. The molecule has 0 saturated heterocycles. The summed E-state index contributed by atoms with van der Waals surface area (Å²) < 4.78 is 0. The number of nitrogens with two attached hydrogens (primary N) is 1. The van der Waals surface area contributed by atoms with Gasteiger partial charge < -0.3 is 10.6 Å². The summed E-state index contributed by atoms with van der Waals surface area (Å²) in [4.78, 5) is 2.12. The van der Waals surface area contributed by atoms with Crippen molar-refractivity contribution in [1.29, 1.82) is 0 Å². The van der Waals surface area contributed by atoms with E-state index in [2.05, 4.69) is 40.0 Å². The smallest absolute Gasteiger partial charge is 0.211 e. The molecule has 5 heteroatoms. The molecule has 96 valence electrons. The van der Waals surface area contributed by atoms with E-state index >= 15 is 0 Å². The highest BCUT2D eigenvalue weighted by molar-refractivity contribution is 7.80. The fraction of sp³-hybridized carbons (Fsp3) is 0.0714. The molecule has 19 heavy (non-hydrogen) atoms. The van der Waals surface area contributed by atoms with Crippen molar-refractivity contribution in [2.45, 2.75) is 0 Å². The Balaban J connectivity index is 2.37. The van der Waals surface area contributed by atoms with E-state index in [0.717, 1.165) is 23.4 Å². The summed E-state index contributed by atoms with van der Waals surface area (Å²) in [5.74, 6) is 0. The van der Waals surface area contributed by atoms with Crippen LogP contribution in [-0.2, 0) is 0 Å². The number of anilines is 1. The average Bonchev–Trinajstić information content (AvgIpc) is 2.41. The van der Waals surface area contributed by atoms with Crippen molar-refractivity contribution in [1.82, 2.24) is 0 Å². The lowest BCUT2D eigenvalue weighted by molar-refractivity contribution is 1.08. The second kappa shape index (κ2) is 6.06. The van der Waals surface area contributed by atoms with E-state index in [9.17, 15) is 0 Å². The number of fused-ring (bicyclic) bond motifs is 1. The van der Waals surface area contributed by atoms with E-state index in [1.165, 1.54) is 0 Å². The van der Waals surface area contributed by atoms with Gasteiger partial charge in [0.15, 0.2) is 0 Å². The van der Waals surface area contributed by atoms with Gasteiger partial charge in [0.25, 0.3) is 0 Å². The van der Waals surface area contributed by atoms with Crippen LogP contribution >= 0.6 is 12.2 Å². The van der Waals surface area contributed by atoms with Crippen LogP contribution in [0.4, 0.5) is 5.69 Å². The number of allylic oxidation sites excluding steroid dienone is 2. The summed E-state index contributed by atoms with van der Waals surface area (Å²) in [7, 11) is 0. The van der Waals surface area contributed by atoms with Gasteiger partial charge in [-0.3, -0.25) is 0 Å². The van der Waals surface area contributed by atoms with Gasteiger partial charge in [-0.15, -0.1) is 11.7 Å². The van der Waals surface area contributed by atoms with Gasteiger partial charge in [-0.25, -0.2) is 0 Å². The van der Waals surface area contributed by atoms with Crippen molar-refractivity contribution in [2.24, 2.45) is 16.0 Å². The lowest BCUT2D eigenvalue weighted by Crippen LogP contribution is -2.19. The molecule has 0 bridgehead atoms. The standard InChI is InChI=1S/C14H14N4S/c1-2-8-18-9-7-11(10-16-17-14(15)19)12-5-3-4-6-13(12)18/h2-7,9-10H,1,8H2,(H2,15,19)/b11-10+,17-16?. The molecule has 1 aliphatic heterocycles. The van der Waals surface area contributed by atoms with E-state index in [1.807, 2.05) is 36.6 Å². The number of hydrogen-bond donors (Lipinski definition) is 1. The number of para-hydroxylation sites is 1. The zero-order valence-corrected chi connectivity index (χ0v) is 11.2. The summed E-state index contributed by atoms with van der Waals surface area (Å²) in [5.41, 5.74) is 8.44. The molecule has 1 aliphatic rings. The zero-order valence-electron chi connectivity index (χ0n) is 10.4. The van der Waals surface area contributed by atoms with E-state index in [4.69, 9.17) is 5.73 Å². The first kappa shape index (κ1) is 13.2. The molecule has 2 N–H and O–H groups in total. The maximum Gasteiger partial charge on any atom is 0.211 e. The van der Waals surface area contributed by atoms with Crippen molar-refractivity contribution >= 4 is 28.6 Å². The highest BCUT2D eigenvalue weighted by Gasteiger charge is 2.14. The van der Waals surface area contributed by atoms with E-state index in [0.29, 0.717) is 0 Å². The number of rotatable bonds is 3. The van der Waals surface area contributed by atoms with Crippen LogP contribution in [0.25, 0.3) is 5.57 Å². The van der Waals surface area contributed by atoms with Crippen molar-refractivity contribution in [3.8, 4) is 0 Å². The van der Waals surface area contributed by atoms with Crippen molar-refractivity contribution in [3.05, 3.63) is 61.0 Å². The van der Waals surface area contributed by atoms with Crippen LogP contribution in [0.2, 0.25) is 0 Å². The third-order valence-corrected chi connectivity index (χ3v) is 2.72. The average molecular weight is 270 g/mol. The Kier molecular flexibility index (Phi) is 4.20. The Morgan fingerprint density at radius 2 is 2.21 bits per heavy atom. The minimum absolute atomic E-state index is 0.0261. The number of benzene rings is 1. The predicted octanol–water partition coefficient (Wildman–Crippen LogP) is 3.24. The molecule has 0 fully saturated rings. The highest BCUT2D eigenvalue weighted by atomic mass is 32.1. The van der Waals surface area contributed by atoms with Crippen LogP contribution in [0, 0.1) is 0 Å².